The van der Waals surface area contributed by atoms with E-state index in [-0.39, 0.29) is 11.7 Å². The molecule has 5 heteroatoms. The van der Waals surface area contributed by atoms with Crippen molar-refractivity contribution in [1.29, 1.82) is 0 Å². The smallest absolute Gasteiger partial charge is 0.234 e. The fraction of sp³-hybridized carbons (Fsp3) is 0.500. The molecule has 0 aliphatic carbocycles. The van der Waals surface area contributed by atoms with Crippen molar-refractivity contribution in [2.45, 2.75) is 20.4 Å². The van der Waals surface area contributed by atoms with Crippen LogP contribution in [0.3, 0.4) is 0 Å². The molecule has 106 valence electrons. The second-order valence-corrected chi connectivity index (χ2v) is 6.06. The number of rotatable bonds is 6. The molecule has 0 atom stereocenters. The predicted molar refractivity (Wildman–Crippen MR) is 78.3 cm³/mol. The Hall–Kier alpha value is -0.940. The molecule has 0 aliphatic rings. The zero-order chi connectivity index (χ0) is 14.4. The molecule has 3 nitrogen and oxygen atoms in total. The summed E-state index contributed by atoms with van der Waals surface area (Å²) in [5, 5.41) is 2.86. The Balaban J connectivity index is 2.46. The summed E-state index contributed by atoms with van der Waals surface area (Å²) in [6.45, 7) is 5.62. The number of hydrogen-bond donors (Lipinski definition) is 1. The quantitative estimate of drug-likeness (QED) is 0.869. The molecule has 0 saturated heterocycles. The van der Waals surface area contributed by atoms with Crippen molar-refractivity contribution >= 4 is 21.8 Å². The van der Waals surface area contributed by atoms with E-state index in [4.69, 9.17) is 0 Å². The van der Waals surface area contributed by atoms with Crippen molar-refractivity contribution in [2.75, 3.05) is 20.1 Å². The summed E-state index contributed by atoms with van der Waals surface area (Å²) < 4.78 is 13.9. The number of nitrogens with zero attached hydrogens (tertiary/aromatic N) is 1. The largest absolute Gasteiger partial charge is 0.355 e. The summed E-state index contributed by atoms with van der Waals surface area (Å²) in [4.78, 5) is 13.5. The van der Waals surface area contributed by atoms with Crippen molar-refractivity contribution in [2.24, 2.45) is 5.92 Å². The van der Waals surface area contributed by atoms with Gasteiger partial charge in [-0.3, -0.25) is 9.69 Å². The normalized spacial score (nSPS) is 11.1. The predicted octanol–water partition coefficient (Wildman–Crippen LogP) is 2.79. The molecule has 1 rings (SSSR count). The number of carbonyl (C=O) groups excluding carboxylic acids is 1. The molecule has 0 spiro atoms. The Morgan fingerprint density at radius 2 is 2.11 bits per heavy atom. The van der Waals surface area contributed by atoms with Gasteiger partial charge in [0.25, 0.3) is 0 Å². The van der Waals surface area contributed by atoms with E-state index in [0.717, 1.165) is 5.56 Å². The monoisotopic (exact) mass is 330 g/mol. The molecule has 0 aliphatic heterocycles. The van der Waals surface area contributed by atoms with E-state index in [0.29, 0.717) is 30.0 Å². The van der Waals surface area contributed by atoms with Crippen LogP contribution in [0.25, 0.3) is 0 Å². The van der Waals surface area contributed by atoms with Crippen LogP contribution in [-0.4, -0.2) is 30.9 Å². The van der Waals surface area contributed by atoms with Crippen LogP contribution in [-0.2, 0) is 11.3 Å². The van der Waals surface area contributed by atoms with Crippen molar-refractivity contribution in [3.05, 3.63) is 34.1 Å². The third-order valence-electron chi connectivity index (χ3n) is 2.50. The highest BCUT2D eigenvalue weighted by atomic mass is 79.9. The van der Waals surface area contributed by atoms with Crippen LogP contribution >= 0.6 is 15.9 Å². The highest BCUT2D eigenvalue weighted by Crippen LogP contribution is 2.15. The lowest BCUT2D eigenvalue weighted by Gasteiger charge is -2.17. The molecule has 0 unspecified atom stereocenters. The van der Waals surface area contributed by atoms with E-state index < -0.39 is 0 Å². The second kappa shape index (κ2) is 7.60. The van der Waals surface area contributed by atoms with Crippen LogP contribution in [0.2, 0.25) is 0 Å². The molecule has 1 aromatic carbocycles. The molecular formula is C14H20BrFN2O. The van der Waals surface area contributed by atoms with E-state index >= 15 is 0 Å². The van der Waals surface area contributed by atoms with Gasteiger partial charge in [0.1, 0.15) is 5.82 Å². The Labute approximate surface area is 122 Å². The number of halogens is 2. The van der Waals surface area contributed by atoms with Crippen LogP contribution in [0.5, 0.6) is 0 Å². The first-order valence-electron chi connectivity index (χ1n) is 6.27. The Morgan fingerprint density at radius 3 is 2.68 bits per heavy atom. The van der Waals surface area contributed by atoms with E-state index in [1.54, 1.807) is 0 Å². The molecule has 19 heavy (non-hydrogen) atoms. The van der Waals surface area contributed by atoms with Gasteiger partial charge in [-0.15, -0.1) is 0 Å². The molecule has 1 amide bonds. The number of amides is 1. The molecule has 1 N–H and O–H groups in total. The maximum atomic E-state index is 13.2. The third kappa shape index (κ3) is 6.68. The minimum Gasteiger partial charge on any atom is -0.355 e. The first-order valence-corrected chi connectivity index (χ1v) is 7.06. The molecule has 0 fully saturated rings. The standard InChI is InChI=1S/C14H20BrFN2O/c1-10(2)7-17-14(19)9-18(3)8-11-4-12(15)6-13(16)5-11/h4-6,10H,7-9H2,1-3H3,(H,17,19). The van der Waals surface area contributed by atoms with Gasteiger partial charge < -0.3 is 5.32 Å². The van der Waals surface area contributed by atoms with Crippen LogP contribution in [0.15, 0.2) is 22.7 Å². The summed E-state index contributed by atoms with van der Waals surface area (Å²) in [6, 6.07) is 4.75. The number of carbonyl (C=O) groups is 1. The van der Waals surface area contributed by atoms with Crippen molar-refractivity contribution < 1.29 is 9.18 Å². The van der Waals surface area contributed by atoms with Crippen LogP contribution in [0.4, 0.5) is 4.39 Å². The van der Waals surface area contributed by atoms with E-state index in [1.807, 2.05) is 31.9 Å². The van der Waals surface area contributed by atoms with Crippen LogP contribution in [0, 0.1) is 11.7 Å². The number of benzene rings is 1. The average Bonchev–Trinajstić information content (AvgIpc) is 2.24. The number of nitrogens with one attached hydrogen (secondary N) is 1. The van der Waals surface area contributed by atoms with Gasteiger partial charge in [0.2, 0.25) is 5.91 Å². The lowest BCUT2D eigenvalue weighted by molar-refractivity contribution is -0.122. The summed E-state index contributed by atoms with van der Waals surface area (Å²) in [5.41, 5.74) is 0.839. The van der Waals surface area contributed by atoms with Gasteiger partial charge in [-0.25, -0.2) is 4.39 Å². The van der Waals surface area contributed by atoms with E-state index in [2.05, 4.69) is 21.2 Å². The zero-order valence-corrected chi connectivity index (χ0v) is 13.1. The second-order valence-electron chi connectivity index (χ2n) is 5.15. The summed E-state index contributed by atoms with van der Waals surface area (Å²) in [6.07, 6.45) is 0. The van der Waals surface area contributed by atoms with Crippen molar-refractivity contribution in [3.63, 3.8) is 0 Å². The zero-order valence-electron chi connectivity index (χ0n) is 11.5. The first kappa shape index (κ1) is 16.1. The molecule has 0 heterocycles. The van der Waals surface area contributed by atoms with Crippen LogP contribution in [0.1, 0.15) is 19.4 Å². The van der Waals surface area contributed by atoms with Gasteiger partial charge in [0.05, 0.1) is 6.54 Å². The van der Waals surface area contributed by atoms with Gasteiger partial charge >= 0.3 is 0 Å². The molecule has 0 saturated carbocycles. The first-order chi connectivity index (χ1) is 8.86. The fourth-order valence-corrected chi connectivity index (χ4v) is 2.20. The highest BCUT2D eigenvalue weighted by molar-refractivity contribution is 9.10. The van der Waals surface area contributed by atoms with Gasteiger partial charge in [0, 0.05) is 17.6 Å². The SMILES string of the molecule is CC(C)CNC(=O)CN(C)Cc1cc(F)cc(Br)c1. The number of likely N-dealkylation sites (N-methyl/N-ethyl adjacent to an activating group) is 1. The van der Waals surface area contributed by atoms with E-state index in [1.165, 1.54) is 12.1 Å². The van der Waals surface area contributed by atoms with E-state index in [9.17, 15) is 9.18 Å². The molecule has 0 radical (unpaired) electrons. The topological polar surface area (TPSA) is 32.3 Å². The highest BCUT2D eigenvalue weighted by Gasteiger charge is 2.08. The summed E-state index contributed by atoms with van der Waals surface area (Å²) in [5.74, 6) is 0.155. The summed E-state index contributed by atoms with van der Waals surface area (Å²) >= 11 is 3.26. The molecule has 1 aromatic rings. The van der Waals surface area contributed by atoms with Gasteiger partial charge in [-0.05, 0) is 36.7 Å². The third-order valence-corrected chi connectivity index (χ3v) is 2.95. The lowest BCUT2D eigenvalue weighted by Crippen LogP contribution is -2.36. The summed E-state index contributed by atoms with van der Waals surface area (Å²) in [7, 11) is 1.84. The van der Waals surface area contributed by atoms with Crippen LogP contribution < -0.4 is 5.32 Å². The Kier molecular flexibility index (Phi) is 6.45. The maximum absolute atomic E-state index is 13.2. The fourth-order valence-electron chi connectivity index (χ4n) is 1.69. The Bertz CT molecular complexity index is 417. The van der Waals surface area contributed by atoms with Gasteiger partial charge in [-0.1, -0.05) is 29.8 Å². The number of hydrogen-bond acceptors (Lipinski definition) is 2. The minimum atomic E-state index is -0.276. The average molecular weight is 331 g/mol. The van der Waals surface area contributed by atoms with Crippen molar-refractivity contribution in [3.8, 4) is 0 Å². The molecular weight excluding hydrogens is 311 g/mol. The molecule has 0 bridgehead atoms. The van der Waals surface area contributed by atoms with Gasteiger partial charge in [-0.2, -0.15) is 0 Å². The lowest BCUT2D eigenvalue weighted by atomic mass is 10.2. The van der Waals surface area contributed by atoms with Gasteiger partial charge in [0.15, 0.2) is 0 Å². The molecule has 0 aromatic heterocycles. The maximum Gasteiger partial charge on any atom is 0.234 e. The Morgan fingerprint density at radius 1 is 1.42 bits per heavy atom. The minimum absolute atomic E-state index is 0.00771. The van der Waals surface area contributed by atoms with Crippen molar-refractivity contribution in [1.82, 2.24) is 10.2 Å².